The van der Waals surface area contributed by atoms with Gasteiger partial charge >= 0.3 is 0 Å². The summed E-state index contributed by atoms with van der Waals surface area (Å²) in [5.41, 5.74) is 0.151. The Morgan fingerprint density at radius 2 is 2.04 bits per heavy atom. The number of amides is 1. The molecule has 24 heavy (non-hydrogen) atoms. The van der Waals surface area contributed by atoms with E-state index in [2.05, 4.69) is 15.5 Å². The molecule has 0 spiro atoms. The standard InChI is InChI=1S/C15H14N4O4S/c1-2-14(21)16-13-6-7-15(18-17-13)24-9-12(20)10-4-3-5-11(8-10)19(22)23/h3-8H,2,9H2,1H3,(H,16,17,21). The van der Waals surface area contributed by atoms with Crippen molar-refractivity contribution in [1.82, 2.24) is 10.2 Å². The Morgan fingerprint density at radius 1 is 1.25 bits per heavy atom. The van der Waals surface area contributed by atoms with Crippen molar-refractivity contribution in [3.05, 3.63) is 52.1 Å². The molecular weight excluding hydrogens is 332 g/mol. The molecule has 1 amide bonds. The maximum Gasteiger partial charge on any atom is 0.270 e. The molecule has 1 aromatic heterocycles. The average molecular weight is 346 g/mol. The molecule has 124 valence electrons. The van der Waals surface area contributed by atoms with Crippen LogP contribution in [-0.4, -0.2) is 32.6 Å². The average Bonchev–Trinajstić information content (AvgIpc) is 2.60. The number of carbonyl (C=O) groups excluding carboxylic acids is 2. The van der Waals surface area contributed by atoms with Crippen LogP contribution in [0.5, 0.6) is 0 Å². The van der Waals surface area contributed by atoms with Crippen molar-refractivity contribution in [2.45, 2.75) is 18.4 Å². The van der Waals surface area contributed by atoms with E-state index in [1.165, 1.54) is 36.0 Å². The lowest BCUT2D eigenvalue weighted by molar-refractivity contribution is -0.384. The van der Waals surface area contributed by atoms with Gasteiger partial charge in [0.15, 0.2) is 11.6 Å². The third-order valence-corrected chi connectivity index (χ3v) is 3.88. The third kappa shape index (κ3) is 4.85. The number of hydrogen-bond acceptors (Lipinski definition) is 7. The van der Waals surface area contributed by atoms with Gasteiger partial charge in [-0.25, -0.2) is 0 Å². The van der Waals surface area contributed by atoms with Crippen molar-refractivity contribution in [3.8, 4) is 0 Å². The number of nitro groups is 1. The van der Waals surface area contributed by atoms with E-state index in [1.54, 1.807) is 19.1 Å². The molecule has 9 heteroatoms. The number of hydrogen-bond donors (Lipinski definition) is 1. The number of benzene rings is 1. The second-order valence-corrected chi connectivity index (χ2v) is 5.67. The molecule has 0 atom stereocenters. The molecule has 2 aromatic rings. The van der Waals surface area contributed by atoms with Gasteiger partial charge in [0.05, 0.1) is 10.7 Å². The number of carbonyl (C=O) groups is 2. The van der Waals surface area contributed by atoms with Crippen LogP contribution in [-0.2, 0) is 4.79 Å². The number of aromatic nitrogens is 2. The molecule has 1 heterocycles. The van der Waals surface area contributed by atoms with Gasteiger partial charge < -0.3 is 5.32 Å². The van der Waals surface area contributed by atoms with Crippen molar-refractivity contribution in [2.75, 3.05) is 11.1 Å². The van der Waals surface area contributed by atoms with E-state index >= 15 is 0 Å². The number of non-ortho nitro benzene ring substituents is 1. The third-order valence-electron chi connectivity index (χ3n) is 2.96. The zero-order valence-corrected chi connectivity index (χ0v) is 13.6. The first kappa shape index (κ1) is 17.5. The highest BCUT2D eigenvalue weighted by Crippen LogP contribution is 2.19. The van der Waals surface area contributed by atoms with Crippen LogP contribution in [0.25, 0.3) is 0 Å². The lowest BCUT2D eigenvalue weighted by Gasteiger charge is -2.03. The quantitative estimate of drug-likeness (QED) is 0.355. The van der Waals surface area contributed by atoms with Crippen molar-refractivity contribution in [1.29, 1.82) is 0 Å². The fourth-order valence-electron chi connectivity index (χ4n) is 1.71. The van der Waals surface area contributed by atoms with Gasteiger partial charge in [0.2, 0.25) is 5.91 Å². The molecule has 8 nitrogen and oxygen atoms in total. The number of nitrogens with zero attached hydrogens (tertiary/aromatic N) is 3. The molecule has 1 aromatic carbocycles. The minimum atomic E-state index is -0.543. The van der Waals surface area contributed by atoms with Crippen LogP contribution in [0.15, 0.2) is 41.4 Å². The Bertz CT molecular complexity index is 764. The summed E-state index contributed by atoms with van der Waals surface area (Å²) in [7, 11) is 0. The number of anilines is 1. The topological polar surface area (TPSA) is 115 Å². The van der Waals surface area contributed by atoms with Crippen LogP contribution in [0, 0.1) is 10.1 Å². The Morgan fingerprint density at radius 3 is 2.67 bits per heavy atom. The summed E-state index contributed by atoms with van der Waals surface area (Å²) in [6, 6.07) is 8.83. The monoisotopic (exact) mass is 346 g/mol. The molecule has 1 N–H and O–H groups in total. The SMILES string of the molecule is CCC(=O)Nc1ccc(SCC(=O)c2cccc([N+](=O)[O-])c2)nn1. The van der Waals surface area contributed by atoms with Gasteiger partial charge in [0.1, 0.15) is 5.03 Å². The molecule has 0 aliphatic heterocycles. The fourth-order valence-corrected chi connectivity index (χ4v) is 2.42. The number of rotatable bonds is 7. The smallest absolute Gasteiger partial charge is 0.270 e. The van der Waals surface area contributed by atoms with Crippen LogP contribution in [0.2, 0.25) is 0 Å². The molecule has 0 aliphatic rings. The van der Waals surface area contributed by atoms with Crippen molar-refractivity contribution < 1.29 is 14.5 Å². The van der Waals surface area contributed by atoms with Crippen LogP contribution in [0.4, 0.5) is 11.5 Å². The largest absolute Gasteiger partial charge is 0.309 e. The van der Waals surface area contributed by atoms with E-state index < -0.39 is 4.92 Å². The molecule has 0 saturated heterocycles. The lowest BCUT2D eigenvalue weighted by Crippen LogP contribution is -2.11. The van der Waals surface area contributed by atoms with Crippen molar-refractivity contribution in [3.63, 3.8) is 0 Å². The van der Waals surface area contributed by atoms with Gasteiger partial charge in [-0.05, 0) is 12.1 Å². The molecule has 0 unspecified atom stereocenters. The first-order valence-corrected chi connectivity index (χ1v) is 8.02. The second kappa shape index (κ2) is 8.16. The van der Waals surface area contributed by atoms with Gasteiger partial charge in [-0.15, -0.1) is 10.2 Å². The van der Waals surface area contributed by atoms with Gasteiger partial charge in [0.25, 0.3) is 5.69 Å². The Kier molecular flexibility index (Phi) is 5.96. The summed E-state index contributed by atoms with van der Waals surface area (Å²) >= 11 is 1.17. The molecule has 0 bridgehead atoms. The maximum atomic E-state index is 12.1. The summed E-state index contributed by atoms with van der Waals surface area (Å²) in [5.74, 6) is 0.0203. The Hall–Kier alpha value is -2.81. The van der Waals surface area contributed by atoms with Crippen molar-refractivity contribution in [2.24, 2.45) is 0 Å². The maximum absolute atomic E-state index is 12.1. The van der Waals surface area contributed by atoms with E-state index in [-0.39, 0.29) is 28.7 Å². The summed E-state index contributed by atoms with van der Waals surface area (Å²) in [6.07, 6.45) is 0.343. The molecule has 0 fully saturated rings. The van der Waals surface area contributed by atoms with Gasteiger partial charge in [0, 0.05) is 24.1 Å². The molecule has 2 rings (SSSR count). The van der Waals surface area contributed by atoms with E-state index in [9.17, 15) is 19.7 Å². The highest BCUT2D eigenvalue weighted by Gasteiger charge is 2.12. The molecular formula is C15H14N4O4S. The zero-order chi connectivity index (χ0) is 17.5. The van der Waals surface area contributed by atoms with Gasteiger partial charge in [-0.2, -0.15) is 0 Å². The normalized spacial score (nSPS) is 10.2. The van der Waals surface area contributed by atoms with Gasteiger partial charge in [-0.3, -0.25) is 19.7 Å². The second-order valence-electron chi connectivity index (χ2n) is 4.68. The number of ketones is 1. The highest BCUT2D eigenvalue weighted by atomic mass is 32.2. The van der Waals surface area contributed by atoms with Gasteiger partial charge in [-0.1, -0.05) is 30.8 Å². The predicted octanol–water partition coefficient (Wildman–Crippen LogP) is 2.71. The Labute approximate surface area is 141 Å². The zero-order valence-electron chi connectivity index (χ0n) is 12.8. The fraction of sp³-hybridized carbons (Fsp3) is 0.200. The predicted molar refractivity (Wildman–Crippen MR) is 89.1 cm³/mol. The summed E-state index contributed by atoms with van der Waals surface area (Å²) in [5, 5.41) is 21.6. The minimum absolute atomic E-state index is 0.0799. The van der Waals surface area contributed by atoms with E-state index in [1.807, 2.05) is 0 Å². The molecule has 0 saturated carbocycles. The van der Waals surface area contributed by atoms with Crippen LogP contribution in [0.3, 0.4) is 0 Å². The van der Waals surface area contributed by atoms with E-state index in [0.717, 1.165) is 0 Å². The summed E-state index contributed by atoms with van der Waals surface area (Å²) in [6.45, 7) is 1.73. The summed E-state index contributed by atoms with van der Waals surface area (Å²) < 4.78 is 0. The van der Waals surface area contributed by atoms with Crippen LogP contribution < -0.4 is 5.32 Å². The number of nitro benzene ring substituents is 1. The van der Waals surface area contributed by atoms with E-state index in [4.69, 9.17) is 0 Å². The first-order valence-electron chi connectivity index (χ1n) is 7.03. The molecule has 0 aliphatic carbocycles. The number of thioether (sulfide) groups is 1. The lowest BCUT2D eigenvalue weighted by atomic mass is 10.1. The molecule has 0 radical (unpaired) electrons. The van der Waals surface area contributed by atoms with Crippen LogP contribution >= 0.6 is 11.8 Å². The minimum Gasteiger partial charge on any atom is -0.309 e. The summed E-state index contributed by atoms with van der Waals surface area (Å²) in [4.78, 5) is 33.5. The van der Waals surface area contributed by atoms with Crippen LogP contribution in [0.1, 0.15) is 23.7 Å². The van der Waals surface area contributed by atoms with Crippen molar-refractivity contribution >= 4 is 35.0 Å². The Balaban J connectivity index is 1.95. The number of nitrogens with one attached hydrogen (secondary N) is 1. The first-order chi connectivity index (χ1) is 11.5. The highest BCUT2D eigenvalue weighted by molar-refractivity contribution is 7.99. The number of Topliss-reactive ketones (excluding diaryl/α,β-unsaturated/α-hetero) is 1. The van der Waals surface area contributed by atoms with E-state index in [0.29, 0.717) is 17.3 Å².